The van der Waals surface area contributed by atoms with Crippen molar-refractivity contribution in [1.82, 2.24) is 9.55 Å². The van der Waals surface area contributed by atoms with Gasteiger partial charge in [0.1, 0.15) is 17.7 Å². The minimum absolute atomic E-state index is 0.150. The molecule has 2 rings (SSSR count). The Kier molecular flexibility index (Phi) is 2.06. The number of nitrogens with one attached hydrogen (secondary N) is 1. The average Bonchev–Trinajstić information content (AvgIpc) is 2.47. The van der Waals surface area contributed by atoms with Gasteiger partial charge in [-0.05, 0) is 27.7 Å². The summed E-state index contributed by atoms with van der Waals surface area (Å²) in [6.07, 6.45) is 2.02. The highest BCUT2D eigenvalue weighted by molar-refractivity contribution is 6.02. The fourth-order valence-corrected chi connectivity index (χ4v) is 1.74. The van der Waals surface area contributed by atoms with Crippen LogP contribution >= 0.6 is 0 Å². The molecule has 0 amide bonds. The summed E-state index contributed by atoms with van der Waals surface area (Å²) in [6.45, 7) is 8.35. The third-order valence-electron chi connectivity index (χ3n) is 2.43. The SMILES string of the molecule is CC1=NC(C)Nc2c1ncn2C(C)C. The molecule has 76 valence electrons. The Bertz CT molecular complexity index is 375. The zero-order valence-electron chi connectivity index (χ0n) is 9.07. The minimum atomic E-state index is 0.150. The lowest BCUT2D eigenvalue weighted by Crippen LogP contribution is -2.23. The number of hydrogen-bond acceptors (Lipinski definition) is 3. The molecule has 1 aliphatic heterocycles. The van der Waals surface area contributed by atoms with Crippen LogP contribution in [0.25, 0.3) is 0 Å². The van der Waals surface area contributed by atoms with E-state index in [0.29, 0.717) is 6.04 Å². The van der Waals surface area contributed by atoms with Gasteiger partial charge in [0.15, 0.2) is 0 Å². The maximum Gasteiger partial charge on any atom is 0.137 e. The van der Waals surface area contributed by atoms with Crippen LogP contribution in [-0.4, -0.2) is 21.4 Å². The van der Waals surface area contributed by atoms with Crippen molar-refractivity contribution < 1.29 is 0 Å². The predicted molar refractivity (Wildman–Crippen MR) is 57.9 cm³/mol. The highest BCUT2D eigenvalue weighted by atomic mass is 15.2. The maximum absolute atomic E-state index is 4.43. The summed E-state index contributed by atoms with van der Waals surface area (Å²) in [5.41, 5.74) is 2.00. The van der Waals surface area contributed by atoms with Gasteiger partial charge in [0.05, 0.1) is 12.0 Å². The quantitative estimate of drug-likeness (QED) is 0.740. The number of rotatable bonds is 1. The highest BCUT2D eigenvalue weighted by Crippen LogP contribution is 2.24. The van der Waals surface area contributed by atoms with Crippen molar-refractivity contribution in [2.75, 3.05) is 5.32 Å². The summed E-state index contributed by atoms with van der Waals surface area (Å²) in [6, 6.07) is 0.428. The number of fused-ring (bicyclic) bond motifs is 1. The molecule has 0 bridgehead atoms. The van der Waals surface area contributed by atoms with E-state index >= 15 is 0 Å². The largest absolute Gasteiger partial charge is 0.348 e. The number of aliphatic imine (C=N–C) groups is 1. The molecule has 14 heavy (non-hydrogen) atoms. The molecule has 1 atom stereocenters. The normalized spacial score (nSPS) is 20.4. The lowest BCUT2D eigenvalue weighted by Gasteiger charge is -2.21. The van der Waals surface area contributed by atoms with Crippen molar-refractivity contribution in [1.29, 1.82) is 0 Å². The lowest BCUT2D eigenvalue weighted by atomic mass is 10.2. The molecule has 2 heterocycles. The molecule has 0 saturated carbocycles. The van der Waals surface area contributed by atoms with E-state index in [1.807, 2.05) is 20.2 Å². The van der Waals surface area contributed by atoms with Crippen LogP contribution < -0.4 is 5.32 Å². The van der Waals surface area contributed by atoms with E-state index in [-0.39, 0.29) is 6.17 Å². The third kappa shape index (κ3) is 1.31. The second-order valence-corrected chi connectivity index (χ2v) is 3.98. The molecular formula is C10H16N4. The standard InChI is InChI=1S/C10H16N4/c1-6(2)14-5-11-9-7(3)12-8(4)13-10(9)14/h5-6,8,13H,1-4H3. The topological polar surface area (TPSA) is 42.2 Å². The third-order valence-corrected chi connectivity index (χ3v) is 2.43. The van der Waals surface area contributed by atoms with Crippen LogP contribution in [0.4, 0.5) is 5.82 Å². The molecule has 1 aromatic heterocycles. The zero-order chi connectivity index (χ0) is 10.3. The Morgan fingerprint density at radius 1 is 1.50 bits per heavy atom. The van der Waals surface area contributed by atoms with Crippen molar-refractivity contribution in [3.8, 4) is 0 Å². The smallest absolute Gasteiger partial charge is 0.137 e. The summed E-state index contributed by atoms with van der Waals surface area (Å²) in [7, 11) is 0. The lowest BCUT2D eigenvalue weighted by molar-refractivity contribution is 0.599. The Labute approximate surface area is 84.1 Å². The highest BCUT2D eigenvalue weighted by Gasteiger charge is 2.20. The van der Waals surface area contributed by atoms with Crippen LogP contribution in [0.3, 0.4) is 0 Å². The first kappa shape index (κ1) is 9.24. The molecule has 1 N–H and O–H groups in total. The first-order chi connectivity index (χ1) is 6.59. The van der Waals surface area contributed by atoms with Crippen LogP contribution in [0, 0.1) is 0 Å². The molecule has 0 fully saturated rings. The van der Waals surface area contributed by atoms with Gasteiger partial charge in [0.25, 0.3) is 0 Å². The number of anilines is 1. The van der Waals surface area contributed by atoms with E-state index in [4.69, 9.17) is 0 Å². The van der Waals surface area contributed by atoms with Gasteiger partial charge in [-0.15, -0.1) is 0 Å². The Hall–Kier alpha value is -1.32. The van der Waals surface area contributed by atoms with Crippen LogP contribution in [-0.2, 0) is 0 Å². The first-order valence-electron chi connectivity index (χ1n) is 4.97. The van der Waals surface area contributed by atoms with Crippen molar-refractivity contribution >= 4 is 11.5 Å². The summed E-state index contributed by atoms with van der Waals surface area (Å²) in [5.74, 6) is 1.10. The van der Waals surface area contributed by atoms with Crippen LogP contribution in [0.5, 0.6) is 0 Å². The van der Waals surface area contributed by atoms with Gasteiger partial charge in [-0.2, -0.15) is 0 Å². The Morgan fingerprint density at radius 3 is 2.86 bits per heavy atom. The second-order valence-electron chi connectivity index (χ2n) is 3.98. The minimum Gasteiger partial charge on any atom is -0.348 e. The van der Waals surface area contributed by atoms with Gasteiger partial charge in [0.2, 0.25) is 0 Å². The van der Waals surface area contributed by atoms with Crippen molar-refractivity contribution in [2.45, 2.75) is 39.9 Å². The van der Waals surface area contributed by atoms with Gasteiger partial charge in [-0.3, -0.25) is 4.99 Å². The summed E-state index contributed by atoms with van der Waals surface area (Å²) in [4.78, 5) is 8.79. The monoisotopic (exact) mass is 192 g/mol. The van der Waals surface area contributed by atoms with E-state index in [1.165, 1.54) is 0 Å². The molecule has 0 saturated heterocycles. The zero-order valence-corrected chi connectivity index (χ0v) is 9.07. The summed E-state index contributed by atoms with van der Waals surface area (Å²) >= 11 is 0. The predicted octanol–water partition coefficient (Wildman–Crippen LogP) is 2.04. The molecule has 0 aliphatic carbocycles. The molecule has 0 aromatic carbocycles. The van der Waals surface area contributed by atoms with E-state index < -0.39 is 0 Å². The van der Waals surface area contributed by atoms with Crippen molar-refractivity contribution in [3.05, 3.63) is 12.0 Å². The van der Waals surface area contributed by atoms with Gasteiger partial charge >= 0.3 is 0 Å². The van der Waals surface area contributed by atoms with E-state index in [1.54, 1.807) is 0 Å². The average molecular weight is 192 g/mol. The molecule has 1 unspecified atom stereocenters. The van der Waals surface area contributed by atoms with Gasteiger partial charge in [-0.25, -0.2) is 4.98 Å². The van der Waals surface area contributed by atoms with Crippen LogP contribution in [0.2, 0.25) is 0 Å². The fourth-order valence-electron chi connectivity index (χ4n) is 1.74. The number of aromatic nitrogens is 2. The van der Waals surface area contributed by atoms with E-state index in [2.05, 4.69) is 33.7 Å². The van der Waals surface area contributed by atoms with Gasteiger partial charge < -0.3 is 9.88 Å². The second kappa shape index (κ2) is 3.12. The van der Waals surface area contributed by atoms with Crippen molar-refractivity contribution in [2.24, 2.45) is 4.99 Å². The molecule has 0 spiro atoms. The van der Waals surface area contributed by atoms with Gasteiger partial charge in [-0.1, -0.05) is 0 Å². The Balaban J connectivity index is 2.49. The molecule has 4 nitrogen and oxygen atoms in total. The summed E-state index contributed by atoms with van der Waals surface area (Å²) in [5, 5.41) is 3.33. The summed E-state index contributed by atoms with van der Waals surface area (Å²) < 4.78 is 2.14. The molecule has 1 aromatic rings. The molecule has 1 aliphatic rings. The fraction of sp³-hybridized carbons (Fsp3) is 0.600. The van der Waals surface area contributed by atoms with Crippen molar-refractivity contribution in [3.63, 3.8) is 0 Å². The molecule has 0 radical (unpaired) electrons. The number of imidazole rings is 1. The Morgan fingerprint density at radius 2 is 2.21 bits per heavy atom. The first-order valence-corrected chi connectivity index (χ1v) is 4.97. The van der Waals surface area contributed by atoms with Crippen LogP contribution in [0.15, 0.2) is 11.3 Å². The number of nitrogens with zero attached hydrogens (tertiary/aromatic N) is 3. The number of hydrogen-bond donors (Lipinski definition) is 1. The molecule has 4 heteroatoms. The maximum atomic E-state index is 4.43. The van der Waals surface area contributed by atoms with E-state index in [0.717, 1.165) is 17.2 Å². The van der Waals surface area contributed by atoms with Gasteiger partial charge in [0, 0.05) is 6.04 Å². The van der Waals surface area contributed by atoms with Crippen LogP contribution in [0.1, 0.15) is 39.4 Å². The molecular weight excluding hydrogens is 176 g/mol. The van der Waals surface area contributed by atoms with E-state index in [9.17, 15) is 0 Å².